The van der Waals surface area contributed by atoms with Gasteiger partial charge in [0.15, 0.2) is 0 Å². The minimum Gasteiger partial charge on any atom is -0.383 e. The molecule has 0 spiro atoms. The van der Waals surface area contributed by atoms with Gasteiger partial charge in [-0.2, -0.15) is 0 Å². The number of nitrogens with zero attached hydrogens (tertiary/aromatic N) is 1. The zero-order chi connectivity index (χ0) is 17.4. The van der Waals surface area contributed by atoms with Gasteiger partial charge in [-0.15, -0.1) is 0 Å². The second-order valence-corrected chi connectivity index (χ2v) is 5.91. The molecule has 0 bridgehead atoms. The van der Waals surface area contributed by atoms with E-state index >= 15 is 0 Å². The number of likely N-dealkylation sites (N-methyl/N-ethyl adjacent to an activating group) is 1. The van der Waals surface area contributed by atoms with Crippen LogP contribution in [0.3, 0.4) is 0 Å². The van der Waals surface area contributed by atoms with Crippen LogP contribution in [0.4, 0.5) is 5.69 Å². The van der Waals surface area contributed by atoms with E-state index in [2.05, 4.69) is 10.6 Å². The predicted octanol–water partition coefficient (Wildman–Crippen LogP) is 1.32. The molecule has 6 heteroatoms. The molecule has 0 aliphatic rings. The smallest absolute Gasteiger partial charge is 0.238 e. The normalized spacial score (nSPS) is 12.1. The Kier molecular flexibility index (Phi) is 7.71. The number of carbonyl (C=O) groups is 2. The molecular formula is C17H27N3O3. The first-order valence-corrected chi connectivity index (χ1v) is 7.66. The molecule has 0 aliphatic heterocycles. The number of rotatable bonds is 8. The SMILES string of the molecule is COCC(C)NC(=O)CN(C)CC(=O)Nc1c(C)cccc1C. The van der Waals surface area contributed by atoms with Crippen molar-refractivity contribution in [1.82, 2.24) is 10.2 Å². The number of benzene rings is 1. The van der Waals surface area contributed by atoms with E-state index in [4.69, 9.17) is 4.74 Å². The molecule has 1 aromatic rings. The maximum atomic E-state index is 12.1. The molecule has 1 unspecified atom stereocenters. The molecular weight excluding hydrogens is 294 g/mol. The van der Waals surface area contributed by atoms with Crippen molar-refractivity contribution in [3.63, 3.8) is 0 Å². The molecule has 0 saturated heterocycles. The summed E-state index contributed by atoms with van der Waals surface area (Å²) >= 11 is 0. The number of carbonyl (C=O) groups excluding carboxylic acids is 2. The third-order valence-electron chi connectivity index (χ3n) is 3.40. The van der Waals surface area contributed by atoms with Crippen molar-refractivity contribution in [2.24, 2.45) is 0 Å². The van der Waals surface area contributed by atoms with Crippen molar-refractivity contribution >= 4 is 17.5 Å². The summed E-state index contributed by atoms with van der Waals surface area (Å²) in [5.74, 6) is -0.264. The highest BCUT2D eigenvalue weighted by atomic mass is 16.5. The molecule has 1 atom stereocenters. The minimum absolute atomic E-state index is 0.0515. The van der Waals surface area contributed by atoms with Gasteiger partial charge in [0, 0.05) is 18.8 Å². The number of hydrogen-bond donors (Lipinski definition) is 2. The van der Waals surface area contributed by atoms with Crippen LogP contribution in [0.5, 0.6) is 0 Å². The Hall–Kier alpha value is -1.92. The van der Waals surface area contributed by atoms with Crippen LogP contribution in [0, 0.1) is 13.8 Å². The van der Waals surface area contributed by atoms with Crippen LogP contribution in [0.25, 0.3) is 0 Å². The second kappa shape index (κ2) is 9.27. The summed E-state index contributed by atoms with van der Waals surface area (Å²) in [5.41, 5.74) is 2.88. The van der Waals surface area contributed by atoms with E-state index in [9.17, 15) is 9.59 Å². The molecule has 0 fully saturated rings. The van der Waals surface area contributed by atoms with Gasteiger partial charge in [0.1, 0.15) is 0 Å². The lowest BCUT2D eigenvalue weighted by Gasteiger charge is -2.19. The molecule has 128 valence electrons. The standard InChI is InChI=1S/C17H27N3O3/c1-12-7-6-8-13(2)17(12)19-16(22)10-20(4)9-15(21)18-14(3)11-23-5/h6-8,14H,9-11H2,1-5H3,(H,18,21)(H,19,22). The maximum Gasteiger partial charge on any atom is 0.238 e. The third-order valence-corrected chi connectivity index (χ3v) is 3.40. The number of nitrogens with one attached hydrogen (secondary N) is 2. The maximum absolute atomic E-state index is 12.1. The van der Waals surface area contributed by atoms with E-state index in [-0.39, 0.29) is 30.9 Å². The quantitative estimate of drug-likeness (QED) is 0.758. The first-order valence-electron chi connectivity index (χ1n) is 7.66. The summed E-state index contributed by atoms with van der Waals surface area (Å²) in [6, 6.07) is 5.82. The van der Waals surface area contributed by atoms with Crippen molar-refractivity contribution in [1.29, 1.82) is 0 Å². The molecule has 6 nitrogen and oxygen atoms in total. The van der Waals surface area contributed by atoms with Gasteiger partial charge >= 0.3 is 0 Å². The predicted molar refractivity (Wildman–Crippen MR) is 91.5 cm³/mol. The van der Waals surface area contributed by atoms with Gasteiger partial charge in [0.2, 0.25) is 11.8 Å². The highest BCUT2D eigenvalue weighted by molar-refractivity contribution is 5.94. The third kappa shape index (κ3) is 6.80. The van der Waals surface area contributed by atoms with Gasteiger partial charge < -0.3 is 15.4 Å². The van der Waals surface area contributed by atoms with Crippen LogP contribution < -0.4 is 10.6 Å². The summed E-state index contributed by atoms with van der Waals surface area (Å²) in [7, 11) is 3.33. The van der Waals surface area contributed by atoms with E-state index in [1.807, 2.05) is 39.0 Å². The molecule has 0 radical (unpaired) electrons. The molecule has 23 heavy (non-hydrogen) atoms. The molecule has 2 amide bonds. The molecule has 0 saturated carbocycles. The lowest BCUT2D eigenvalue weighted by atomic mass is 10.1. The van der Waals surface area contributed by atoms with Gasteiger partial charge in [0.05, 0.1) is 19.7 Å². The van der Waals surface area contributed by atoms with E-state index in [0.29, 0.717) is 6.61 Å². The number of methoxy groups -OCH3 is 1. The Morgan fingerprint density at radius 3 is 2.30 bits per heavy atom. The molecule has 0 aromatic heterocycles. The Balaban J connectivity index is 2.46. The average Bonchev–Trinajstić information content (AvgIpc) is 2.42. The van der Waals surface area contributed by atoms with Crippen molar-refractivity contribution in [2.45, 2.75) is 26.8 Å². The first-order chi connectivity index (χ1) is 10.8. The molecule has 0 aliphatic carbocycles. The summed E-state index contributed by atoms with van der Waals surface area (Å²) in [6.07, 6.45) is 0. The van der Waals surface area contributed by atoms with Gasteiger partial charge in [-0.1, -0.05) is 18.2 Å². The number of hydrogen-bond acceptors (Lipinski definition) is 4. The fraction of sp³-hybridized carbons (Fsp3) is 0.529. The van der Waals surface area contributed by atoms with Crippen LogP contribution in [-0.2, 0) is 14.3 Å². The van der Waals surface area contributed by atoms with Crippen LogP contribution >= 0.6 is 0 Å². The monoisotopic (exact) mass is 321 g/mol. The Bertz CT molecular complexity index is 526. The van der Waals surface area contributed by atoms with E-state index in [1.165, 1.54) is 0 Å². The number of anilines is 1. The Morgan fingerprint density at radius 1 is 1.17 bits per heavy atom. The summed E-state index contributed by atoms with van der Waals surface area (Å²) in [6.45, 7) is 6.56. The molecule has 0 heterocycles. The Labute approximate surface area is 138 Å². The number of para-hydroxylation sites is 1. The molecule has 1 aromatic carbocycles. The van der Waals surface area contributed by atoms with E-state index < -0.39 is 0 Å². The average molecular weight is 321 g/mol. The van der Waals surface area contributed by atoms with E-state index in [0.717, 1.165) is 16.8 Å². The van der Waals surface area contributed by atoms with Crippen molar-refractivity contribution in [3.05, 3.63) is 29.3 Å². The van der Waals surface area contributed by atoms with Gasteiger partial charge in [-0.3, -0.25) is 14.5 Å². The van der Waals surface area contributed by atoms with Gasteiger partial charge in [0.25, 0.3) is 0 Å². The highest BCUT2D eigenvalue weighted by Gasteiger charge is 2.14. The van der Waals surface area contributed by atoms with Crippen molar-refractivity contribution in [2.75, 3.05) is 39.2 Å². The summed E-state index contributed by atoms with van der Waals surface area (Å²) < 4.78 is 4.97. The van der Waals surface area contributed by atoms with E-state index in [1.54, 1.807) is 19.1 Å². The number of aryl methyl sites for hydroxylation is 2. The van der Waals surface area contributed by atoms with Gasteiger partial charge in [-0.25, -0.2) is 0 Å². The Morgan fingerprint density at radius 2 is 1.74 bits per heavy atom. The number of amides is 2. The van der Waals surface area contributed by atoms with Crippen molar-refractivity contribution in [3.8, 4) is 0 Å². The fourth-order valence-corrected chi connectivity index (χ4v) is 2.35. The largest absolute Gasteiger partial charge is 0.383 e. The summed E-state index contributed by atoms with van der Waals surface area (Å²) in [4.78, 5) is 25.7. The van der Waals surface area contributed by atoms with Crippen molar-refractivity contribution < 1.29 is 14.3 Å². The molecule has 1 rings (SSSR count). The van der Waals surface area contributed by atoms with Crippen LogP contribution in [0.1, 0.15) is 18.1 Å². The summed E-state index contributed by atoms with van der Waals surface area (Å²) in [5, 5.41) is 5.73. The lowest BCUT2D eigenvalue weighted by molar-refractivity contribution is -0.123. The van der Waals surface area contributed by atoms with Crippen LogP contribution in [0.2, 0.25) is 0 Å². The minimum atomic E-state index is -0.136. The number of ether oxygens (including phenoxy) is 1. The second-order valence-electron chi connectivity index (χ2n) is 5.91. The van der Waals surface area contributed by atoms with Gasteiger partial charge in [-0.05, 0) is 38.9 Å². The lowest BCUT2D eigenvalue weighted by Crippen LogP contribution is -2.43. The highest BCUT2D eigenvalue weighted by Crippen LogP contribution is 2.19. The molecule has 2 N–H and O–H groups in total. The van der Waals surface area contributed by atoms with Crippen LogP contribution in [-0.4, -0.2) is 56.6 Å². The van der Waals surface area contributed by atoms with Crippen LogP contribution in [0.15, 0.2) is 18.2 Å². The fourth-order valence-electron chi connectivity index (χ4n) is 2.35. The topological polar surface area (TPSA) is 70.7 Å². The zero-order valence-electron chi connectivity index (χ0n) is 14.6. The zero-order valence-corrected chi connectivity index (χ0v) is 14.6. The first kappa shape index (κ1) is 19.1.